The Labute approximate surface area is 174 Å². The molecule has 1 aromatic heterocycles. The second-order valence-corrected chi connectivity index (χ2v) is 7.58. The molecule has 2 aromatic carbocycles. The summed E-state index contributed by atoms with van der Waals surface area (Å²) in [6.07, 6.45) is 2.58. The highest BCUT2D eigenvalue weighted by Gasteiger charge is 2.34. The molecule has 0 spiro atoms. The molecule has 0 bridgehead atoms. The highest BCUT2D eigenvalue weighted by molar-refractivity contribution is 5.91. The number of esters is 1. The standard InChI is InChI=1S/C23H25N3O4/c1-23(2,22(29)30-14-16-8-4-3-5-9-16)26-21(28)20(25-15-27)12-17-13-24-19-11-7-6-10-18(17)19/h3-11,13,15,20,24H,12,14H2,1-2H3,(H,25,27)(H,26,28)/t20-/m1/s1. The van der Waals surface area contributed by atoms with Crippen LogP contribution in [0.5, 0.6) is 0 Å². The number of nitrogens with one attached hydrogen (secondary N) is 3. The fourth-order valence-electron chi connectivity index (χ4n) is 3.18. The zero-order chi connectivity index (χ0) is 21.6. The molecular formula is C23H25N3O4. The molecular weight excluding hydrogens is 382 g/mol. The van der Waals surface area contributed by atoms with Gasteiger partial charge in [0.25, 0.3) is 0 Å². The third-order valence-corrected chi connectivity index (χ3v) is 4.84. The number of carbonyl (C=O) groups is 3. The van der Waals surface area contributed by atoms with E-state index in [1.165, 1.54) is 0 Å². The molecule has 3 aromatic rings. The van der Waals surface area contributed by atoms with Crippen molar-refractivity contribution in [3.05, 3.63) is 71.9 Å². The number of ether oxygens (including phenoxy) is 1. The molecule has 3 rings (SSSR count). The molecule has 7 heteroatoms. The van der Waals surface area contributed by atoms with Crippen LogP contribution in [0.2, 0.25) is 0 Å². The summed E-state index contributed by atoms with van der Waals surface area (Å²) < 4.78 is 5.35. The largest absolute Gasteiger partial charge is 0.459 e. The molecule has 0 radical (unpaired) electrons. The number of hydrogen-bond acceptors (Lipinski definition) is 4. The third kappa shape index (κ3) is 5.05. The van der Waals surface area contributed by atoms with Crippen LogP contribution in [0.25, 0.3) is 10.9 Å². The summed E-state index contributed by atoms with van der Waals surface area (Å²) in [5, 5.41) is 6.22. The zero-order valence-corrected chi connectivity index (χ0v) is 17.0. The normalized spacial score (nSPS) is 12.2. The van der Waals surface area contributed by atoms with Gasteiger partial charge in [0.05, 0.1) is 0 Å². The summed E-state index contributed by atoms with van der Waals surface area (Å²) in [5.74, 6) is -1.02. The van der Waals surface area contributed by atoms with Gasteiger partial charge in [0.15, 0.2) is 0 Å². The van der Waals surface area contributed by atoms with Crippen LogP contribution in [-0.2, 0) is 32.1 Å². The summed E-state index contributed by atoms with van der Waals surface area (Å²) in [4.78, 5) is 39.6. The first-order chi connectivity index (χ1) is 14.4. The first kappa shape index (κ1) is 21.1. The van der Waals surface area contributed by atoms with E-state index in [1.807, 2.05) is 60.8 Å². The Bertz CT molecular complexity index is 1030. The minimum atomic E-state index is -1.26. The zero-order valence-electron chi connectivity index (χ0n) is 17.0. The minimum absolute atomic E-state index is 0.115. The fraction of sp³-hybridized carbons (Fsp3) is 0.261. The van der Waals surface area contributed by atoms with Crippen molar-refractivity contribution in [3.8, 4) is 0 Å². The highest BCUT2D eigenvalue weighted by Crippen LogP contribution is 2.19. The van der Waals surface area contributed by atoms with E-state index in [2.05, 4.69) is 15.6 Å². The third-order valence-electron chi connectivity index (χ3n) is 4.84. The van der Waals surface area contributed by atoms with Crippen LogP contribution in [0.1, 0.15) is 25.0 Å². The number of rotatable bonds is 9. The Morgan fingerprint density at radius 2 is 1.80 bits per heavy atom. The predicted molar refractivity (Wildman–Crippen MR) is 113 cm³/mol. The van der Waals surface area contributed by atoms with Gasteiger partial charge in [-0.15, -0.1) is 0 Å². The monoisotopic (exact) mass is 407 g/mol. The second-order valence-electron chi connectivity index (χ2n) is 7.58. The number of benzene rings is 2. The van der Waals surface area contributed by atoms with Crippen molar-refractivity contribution in [3.63, 3.8) is 0 Å². The lowest BCUT2D eigenvalue weighted by Crippen LogP contribution is -2.56. The molecule has 1 heterocycles. The number of carbonyl (C=O) groups excluding carboxylic acids is 3. The predicted octanol–water partition coefficient (Wildman–Crippen LogP) is 2.46. The van der Waals surface area contributed by atoms with Crippen molar-refractivity contribution < 1.29 is 19.1 Å². The van der Waals surface area contributed by atoms with Crippen molar-refractivity contribution >= 4 is 29.2 Å². The molecule has 0 fully saturated rings. The van der Waals surface area contributed by atoms with E-state index >= 15 is 0 Å². The van der Waals surface area contributed by atoms with Crippen LogP contribution in [-0.4, -0.2) is 34.9 Å². The van der Waals surface area contributed by atoms with Crippen molar-refractivity contribution in [2.75, 3.05) is 0 Å². The van der Waals surface area contributed by atoms with Crippen LogP contribution < -0.4 is 10.6 Å². The van der Waals surface area contributed by atoms with Gasteiger partial charge in [-0.25, -0.2) is 4.79 Å². The molecule has 3 N–H and O–H groups in total. The molecule has 0 unspecified atom stereocenters. The van der Waals surface area contributed by atoms with Gasteiger partial charge in [0.1, 0.15) is 18.2 Å². The Kier molecular flexibility index (Phi) is 6.51. The smallest absolute Gasteiger partial charge is 0.331 e. The van der Waals surface area contributed by atoms with Crippen molar-refractivity contribution in [2.24, 2.45) is 0 Å². The first-order valence-electron chi connectivity index (χ1n) is 9.68. The first-order valence-corrected chi connectivity index (χ1v) is 9.68. The molecule has 30 heavy (non-hydrogen) atoms. The van der Waals surface area contributed by atoms with Crippen LogP contribution in [0.4, 0.5) is 0 Å². The Morgan fingerprint density at radius 3 is 2.53 bits per heavy atom. The Balaban J connectivity index is 1.65. The number of hydrogen-bond donors (Lipinski definition) is 3. The van der Waals surface area contributed by atoms with Crippen LogP contribution >= 0.6 is 0 Å². The lowest BCUT2D eigenvalue weighted by Gasteiger charge is -2.26. The van der Waals surface area contributed by atoms with Gasteiger partial charge >= 0.3 is 5.97 Å². The number of H-pyrrole nitrogens is 1. The van der Waals surface area contributed by atoms with Crippen LogP contribution in [0, 0.1) is 0 Å². The van der Waals surface area contributed by atoms with Crippen molar-refractivity contribution in [1.82, 2.24) is 15.6 Å². The van der Waals surface area contributed by atoms with Gasteiger partial charge in [-0.2, -0.15) is 0 Å². The van der Waals surface area contributed by atoms with E-state index in [1.54, 1.807) is 13.8 Å². The number of aromatic amines is 1. The number of para-hydroxylation sites is 1. The van der Waals surface area contributed by atoms with Gasteiger partial charge in [-0.05, 0) is 31.0 Å². The van der Waals surface area contributed by atoms with Gasteiger partial charge in [-0.1, -0.05) is 48.5 Å². The number of aromatic nitrogens is 1. The lowest BCUT2D eigenvalue weighted by molar-refractivity contribution is -0.153. The quantitative estimate of drug-likeness (QED) is 0.375. The van der Waals surface area contributed by atoms with Crippen LogP contribution in [0.3, 0.4) is 0 Å². The van der Waals surface area contributed by atoms with Crippen molar-refractivity contribution in [1.29, 1.82) is 0 Å². The SMILES string of the molecule is CC(C)(NC(=O)[C@@H](Cc1c[nH]c2ccccc12)NC=O)C(=O)OCc1ccccc1. The van der Waals surface area contributed by atoms with E-state index < -0.39 is 23.5 Å². The molecule has 1 atom stereocenters. The Morgan fingerprint density at radius 1 is 1.10 bits per heavy atom. The average Bonchev–Trinajstić information content (AvgIpc) is 3.15. The summed E-state index contributed by atoms with van der Waals surface area (Å²) in [7, 11) is 0. The summed E-state index contributed by atoms with van der Waals surface area (Å²) in [6, 6.07) is 16.2. The van der Waals surface area contributed by atoms with Gasteiger partial charge in [-0.3, -0.25) is 9.59 Å². The number of fused-ring (bicyclic) bond motifs is 1. The fourth-order valence-corrected chi connectivity index (χ4v) is 3.18. The molecule has 0 aliphatic rings. The lowest BCUT2D eigenvalue weighted by atomic mass is 10.0. The van der Waals surface area contributed by atoms with Gasteiger partial charge in [0, 0.05) is 23.5 Å². The average molecular weight is 407 g/mol. The molecule has 156 valence electrons. The van der Waals surface area contributed by atoms with E-state index in [-0.39, 0.29) is 13.0 Å². The maximum atomic E-state index is 12.8. The minimum Gasteiger partial charge on any atom is -0.459 e. The van der Waals surface area contributed by atoms with Gasteiger partial charge in [0.2, 0.25) is 12.3 Å². The van der Waals surface area contributed by atoms with Gasteiger partial charge < -0.3 is 20.4 Å². The Hall–Kier alpha value is -3.61. The van der Waals surface area contributed by atoms with E-state index in [0.717, 1.165) is 22.0 Å². The summed E-state index contributed by atoms with van der Waals surface area (Å²) >= 11 is 0. The maximum Gasteiger partial charge on any atom is 0.331 e. The van der Waals surface area contributed by atoms with E-state index in [9.17, 15) is 14.4 Å². The molecule has 0 aliphatic heterocycles. The van der Waals surface area contributed by atoms with Crippen LogP contribution in [0.15, 0.2) is 60.8 Å². The summed E-state index contributed by atoms with van der Waals surface area (Å²) in [5.41, 5.74) is 1.44. The van der Waals surface area contributed by atoms with Crippen molar-refractivity contribution in [2.45, 2.75) is 38.5 Å². The molecule has 0 saturated carbocycles. The second kappa shape index (κ2) is 9.26. The topological polar surface area (TPSA) is 100 Å². The molecule has 0 aliphatic carbocycles. The molecule has 7 nitrogen and oxygen atoms in total. The van der Waals surface area contributed by atoms with E-state index in [0.29, 0.717) is 6.41 Å². The highest BCUT2D eigenvalue weighted by atomic mass is 16.5. The molecule has 0 saturated heterocycles. The maximum absolute atomic E-state index is 12.8. The van der Waals surface area contributed by atoms with E-state index in [4.69, 9.17) is 4.74 Å². The number of amides is 2. The summed E-state index contributed by atoms with van der Waals surface area (Å²) in [6.45, 7) is 3.26. The molecule has 2 amide bonds.